The number of aliphatic hydroxyl groups excluding tert-OH is 2. The van der Waals surface area contributed by atoms with E-state index < -0.39 is 48.9 Å². The van der Waals surface area contributed by atoms with E-state index >= 15 is 0 Å². The topological polar surface area (TPSA) is 98.9 Å². The zero-order valence-corrected chi connectivity index (χ0v) is 17.4. The van der Waals surface area contributed by atoms with Gasteiger partial charge < -0.3 is 29.0 Å². The number of fused-ring (bicyclic) bond motifs is 2. The number of halogens is 1. The minimum atomic E-state index is -1.11. The standard InChI is InChI=1S/C22H24FN3O5/c1-11-14-6-7-26(20(14)25-10-24-11)21-19-18(30-22(2,3)31-19)17(29-21)16(28)12-4-5-15(23)13(8-12)9-27/h4-8,10,16-19,21,27-28H,9H2,1-3H3/t16-,17-,18-,19-,21-/m1/s1. The lowest BCUT2D eigenvalue weighted by atomic mass is 9.97. The van der Waals surface area contributed by atoms with Gasteiger partial charge in [0.2, 0.25) is 0 Å². The highest BCUT2D eigenvalue weighted by Crippen LogP contribution is 2.47. The van der Waals surface area contributed by atoms with Gasteiger partial charge >= 0.3 is 0 Å². The van der Waals surface area contributed by atoms with Gasteiger partial charge in [-0.05, 0) is 44.5 Å². The molecule has 0 aliphatic carbocycles. The summed E-state index contributed by atoms with van der Waals surface area (Å²) in [5, 5.41) is 21.4. The molecular formula is C22H24FN3O5. The van der Waals surface area contributed by atoms with Crippen LogP contribution in [0.5, 0.6) is 0 Å². The van der Waals surface area contributed by atoms with Crippen molar-refractivity contribution in [2.75, 3.05) is 0 Å². The van der Waals surface area contributed by atoms with Crippen LogP contribution in [0.15, 0.2) is 36.8 Å². The zero-order chi connectivity index (χ0) is 21.9. The normalized spacial score (nSPS) is 28.2. The third-order valence-corrected chi connectivity index (χ3v) is 5.94. The molecule has 8 nitrogen and oxygen atoms in total. The van der Waals surface area contributed by atoms with E-state index in [0.29, 0.717) is 11.2 Å². The van der Waals surface area contributed by atoms with Gasteiger partial charge in [0, 0.05) is 17.1 Å². The SMILES string of the molecule is Cc1ncnc2c1ccn2[C@@H]1O[C@H]([C@H](O)c2ccc(F)c(CO)c2)[C@H]2OC(C)(C)O[C@H]21. The highest BCUT2D eigenvalue weighted by molar-refractivity contribution is 5.78. The molecule has 2 N–H and O–H groups in total. The summed E-state index contributed by atoms with van der Waals surface area (Å²) < 4.78 is 34.2. The largest absolute Gasteiger partial charge is 0.392 e. The van der Waals surface area contributed by atoms with E-state index in [9.17, 15) is 14.6 Å². The summed E-state index contributed by atoms with van der Waals surface area (Å²) in [7, 11) is 0. The first-order valence-electron chi connectivity index (χ1n) is 10.2. The second-order valence-corrected chi connectivity index (χ2v) is 8.43. The molecular weight excluding hydrogens is 405 g/mol. The minimum Gasteiger partial charge on any atom is -0.392 e. The van der Waals surface area contributed by atoms with Gasteiger partial charge in [-0.3, -0.25) is 0 Å². The number of aromatic nitrogens is 3. The van der Waals surface area contributed by atoms with E-state index in [1.807, 2.05) is 37.6 Å². The van der Waals surface area contributed by atoms with Crippen molar-refractivity contribution in [1.82, 2.24) is 14.5 Å². The van der Waals surface area contributed by atoms with Crippen molar-refractivity contribution in [3.05, 3.63) is 59.4 Å². The lowest BCUT2D eigenvalue weighted by Crippen LogP contribution is -2.34. The molecule has 164 valence electrons. The van der Waals surface area contributed by atoms with Crippen molar-refractivity contribution >= 4 is 11.0 Å². The Labute approximate surface area is 178 Å². The average Bonchev–Trinajstić information content (AvgIpc) is 3.39. The fourth-order valence-corrected chi connectivity index (χ4v) is 4.48. The van der Waals surface area contributed by atoms with Crippen molar-refractivity contribution in [2.45, 2.75) is 63.8 Å². The monoisotopic (exact) mass is 429 g/mol. The third-order valence-electron chi connectivity index (χ3n) is 5.94. The van der Waals surface area contributed by atoms with Crippen LogP contribution in [0.4, 0.5) is 4.39 Å². The third kappa shape index (κ3) is 3.33. The summed E-state index contributed by atoms with van der Waals surface area (Å²) in [5.74, 6) is -1.39. The molecule has 0 radical (unpaired) electrons. The molecule has 0 spiro atoms. The van der Waals surface area contributed by atoms with Crippen LogP contribution < -0.4 is 0 Å². The molecule has 3 aromatic rings. The van der Waals surface area contributed by atoms with Crippen LogP contribution in [0.3, 0.4) is 0 Å². The van der Waals surface area contributed by atoms with Gasteiger partial charge in [-0.15, -0.1) is 0 Å². The Morgan fingerprint density at radius 1 is 1.19 bits per heavy atom. The molecule has 2 fully saturated rings. The van der Waals surface area contributed by atoms with Crippen LogP contribution in [0, 0.1) is 12.7 Å². The maximum absolute atomic E-state index is 13.8. The van der Waals surface area contributed by atoms with Crippen LogP contribution in [0.25, 0.3) is 11.0 Å². The van der Waals surface area contributed by atoms with E-state index in [1.165, 1.54) is 24.5 Å². The molecule has 5 rings (SSSR count). The molecule has 0 bridgehead atoms. The maximum atomic E-state index is 13.8. The summed E-state index contributed by atoms with van der Waals surface area (Å²) in [5.41, 5.74) is 2.08. The molecule has 2 aliphatic rings. The van der Waals surface area contributed by atoms with Crippen molar-refractivity contribution in [1.29, 1.82) is 0 Å². The van der Waals surface area contributed by atoms with E-state index in [2.05, 4.69) is 9.97 Å². The number of hydrogen-bond donors (Lipinski definition) is 2. The average molecular weight is 429 g/mol. The predicted molar refractivity (Wildman–Crippen MR) is 107 cm³/mol. The molecule has 0 amide bonds. The second-order valence-electron chi connectivity index (χ2n) is 8.43. The molecule has 0 saturated carbocycles. The summed E-state index contributed by atoms with van der Waals surface area (Å²) in [6, 6.07) is 6.06. The molecule has 2 aliphatic heterocycles. The van der Waals surface area contributed by atoms with Gasteiger partial charge in [-0.25, -0.2) is 14.4 Å². The first kappa shape index (κ1) is 20.5. The van der Waals surface area contributed by atoms with Gasteiger partial charge in [-0.2, -0.15) is 0 Å². The van der Waals surface area contributed by atoms with Gasteiger partial charge in [0.1, 0.15) is 42.2 Å². The first-order valence-corrected chi connectivity index (χ1v) is 10.2. The smallest absolute Gasteiger partial charge is 0.164 e. The highest BCUT2D eigenvalue weighted by atomic mass is 19.1. The molecule has 2 aromatic heterocycles. The molecule has 31 heavy (non-hydrogen) atoms. The van der Waals surface area contributed by atoms with Crippen molar-refractivity contribution in [3.8, 4) is 0 Å². The van der Waals surface area contributed by atoms with Gasteiger partial charge in [-0.1, -0.05) is 6.07 Å². The summed E-state index contributed by atoms with van der Waals surface area (Å²) in [6.07, 6.45) is -0.155. The lowest BCUT2D eigenvalue weighted by molar-refractivity contribution is -0.207. The van der Waals surface area contributed by atoms with Crippen LogP contribution in [0.2, 0.25) is 0 Å². The van der Waals surface area contributed by atoms with E-state index in [0.717, 1.165) is 11.1 Å². The van der Waals surface area contributed by atoms with Crippen LogP contribution in [0.1, 0.15) is 43.0 Å². The number of nitrogens with zero attached hydrogens (tertiary/aromatic N) is 3. The number of rotatable bonds is 4. The predicted octanol–water partition coefficient (Wildman–Crippen LogP) is 2.52. The molecule has 9 heteroatoms. The first-order chi connectivity index (χ1) is 14.8. The van der Waals surface area contributed by atoms with Crippen molar-refractivity contribution in [3.63, 3.8) is 0 Å². The molecule has 2 saturated heterocycles. The molecule has 5 atom stereocenters. The van der Waals surface area contributed by atoms with Gasteiger partial charge in [0.15, 0.2) is 12.0 Å². The van der Waals surface area contributed by atoms with Crippen molar-refractivity contribution in [2.24, 2.45) is 0 Å². The van der Waals surface area contributed by atoms with Crippen LogP contribution >= 0.6 is 0 Å². The second kappa shape index (κ2) is 7.32. The fourth-order valence-electron chi connectivity index (χ4n) is 4.48. The zero-order valence-electron chi connectivity index (χ0n) is 17.4. The van der Waals surface area contributed by atoms with Gasteiger partial charge in [0.05, 0.1) is 12.3 Å². The number of aryl methyl sites for hydroxylation is 1. The lowest BCUT2D eigenvalue weighted by Gasteiger charge is -2.27. The Morgan fingerprint density at radius 3 is 2.74 bits per heavy atom. The molecule has 4 heterocycles. The van der Waals surface area contributed by atoms with Crippen LogP contribution in [-0.2, 0) is 20.8 Å². The van der Waals surface area contributed by atoms with Crippen LogP contribution in [-0.4, -0.2) is 48.8 Å². The Balaban J connectivity index is 1.53. The van der Waals surface area contributed by atoms with E-state index in [-0.39, 0.29) is 5.56 Å². The Morgan fingerprint density at radius 2 is 1.97 bits per heavy atom. The maximum Gasteiger partial charge on any atom is 0.164 e. The van der Waals surface area contributed by atoms with Crippen molar-refractivity contribution < 1.29 is 28.8 Å². The molecule has 0 unspecified atom stereocenters. The number of ether oxygens (including phenoxy) is 3. The molecule has 1 aromatic carbocycles. The highest BCUT2D eigenvalue weighted by Gasteiger charge is 2.58. The summed E-state index contributed by atoms with van der Waals surface area (Å²) in [4.78, 5) is 8.63. The number of aliphatic hydroxyl groups is 2. The van der Waals surface area contributed by atoms with E-state index in [4.69, 9.17) is 14.2 Å². The Bertz CT molecular complexity index is 1130. The Kier molecular flexibility index (Phi) is 4.83. The number of hydrogen-bond acceptors (Lipinski definition) is 7. The van der Waals surface area contributed by atoms with E-state index in [1.54, 1.807) is 0 Å². The Hall–Kier alpha value is -2.43. The minimum absolute atomic E-state index is 0.107. The number of benzene rings is 1. The summed E-state index contributed by atoms with van der Waals surface area (Å²) >= 11 is 0. The van der Waals surface area contributed by atoms with Gasteiger partial charge in [0.25, 0.3) is 0 Å². The fraction of sp³-hybridized carbons (Fsp3) is 0.455. The summed E-state index contributed by atoms with van der Waals surface area (Å²) in [6.45, 7) is 5.07. The quantitative estimate of drug-likeness (QED) is 0.658.